The summed E-state index contributed by atoms with van der Waals surface area (Å²) in [4.78, 5) is 1.99. The van der Waals surface area contributed by atoms with Crippen LogP contribution in [0.25, 0.3) is 0 Å². The van der Waals surface area contributed by atoms with Gasteiger partial charge in [-0.05, 0) is 51.3 Å². The van der Waals surface area contributed by atoms with E-state index in [2.05, 4.69) is 4.72 Å². The Morgan fingerprint density at radius 2 is 1.90 bits per heavy atom. The highest BCUT2D eigenvalue weighted by atomic mass is 32.2. The van der Waals surface area contributed by atoms with Gasteiger partial charge in [-0.2, -0.15) is 0 Å². The molecule has 0 radical (unpaired) electrons. The van der Waals surface area contributed by atoms with Gasteiger partial charge in [-0.15, -0.1) is 0 Å². The molecule has 0 bridgehead atoms. The van der Waals surface area contributed by atoms with Crippen LogP contribution in [0.3, 0.4) is 0 Å². The molecule has 0 atom stereocenters. The number of rotatable bonds is 9. The van der Waals surface area contributed by atoms with Crippen molar-refractivity contribution in [3.05, 3.63) is 30.1 Å². The van der Waals surface area contributed by atoms with Crippen molar-refractivity contribution in [3.8, 4) is 5.75 Å². The molecule has 5 nitrogen and oxygen atoms in total. The average Bonchev–Trinajstić information content (AvgIpc) is 2.37. The third-order valence-electron chi connectivity index (χ3n) is 2.54. The molecule has 0 spiro atoms. The van der Waals surface area contributed by atoms with E-state index in [0.29, 0.717) is 12.3 Å². The van der Waals surface area contributed by atoms with Gasteiger partial charge in [0.25, 0.3) is 0 Å². The number of sulfonamides is 1. The topological polar surface area (TPSA) is 58.6 Å². The van der Waals surface area contributed by atoms with E-state index in [9.17, 15) is 12.8 Å². The highest BCUT2D eigenvalue weighted by molar-refractivity contribution is 7.89. The molecule has 20 heavy (non-hydrogen) atoms. The summed E-state index contributed by atoms with van der Waals surface area (Å²) in [6.45, 7) is 1.28. The van der Waals surface area contributed by atoms with Crippen LogP contribution in [-0.4, -0.2) is 52.9 Å². The lowest BCUT2D eigenvalue weighted by Gasteiger charge is -2.11. The van der Waals surface area contributed by atoms with E-state index in [0.717, 1.165) is 13.0 Å². The zero-order valence-electron chi connectivity index (χ0n) is 11.8. The number of hydrogen-bond donors (Lipinski definition) is 1. The van der Waals surface area contributed by atoms with Gasteiger partial charge >= 0.3 is 0 Å². The summed E-state index contributed by atoms with van der Waals surface area (Å²) in [6.07, 6.45) is 0.755. The number of ether oxygens (including phenoxy) is 1. The van der Waals surface area contributed by atoms with Crippen molar-refractivity contribution < 1.29 is 17.5 Å². The van der Waals surface area contributed by atoms with Crippen molar-refractivity contribution >= 4 is 10.0 Å². The van der Waals surface area contributed by atoms with Crippen LogP contribution in [0.4, 0.5) is 4.39 Å². The van der Waals surface area contributed by atoms with Crippen molar-refractivity contribution in [2.45, 2.75) is 6.42 Å². The van der Waals surface area contributed by atoms with Crippen molar-refractivity contribution in [3.63, 3.8) is 0 Å². The first kappa shape index (κ1) is 16.9. The van der Waals surface area contributed by atoms with Gasteiger partial charge in [0.2, 0.25) is 10.0 Å². The molecule has 1 rings (SSSR count). The molecule has 0 saturated heterocycles. The lowest BCUT2D eigenvalue weighted by molar-refractivity contribution is 0.339. The molecule has 0 unspecified atom stereocenters. The molecular formula is C13H21FN2O3S. The van der Waals surface area contributed by atoms with E-state index < -0.39 is 10.0 Å². The highest BCUT2D eigenvalue weighted by Crippen LogP contribution is 2.10. The Morgan fingerprint density at radius 3 is 2.50 bits per heavy atom. The van der Waals surface area contributed by atoms with E-state index in [1.54, 1.807) is 0 Å². The molecule has 0 fully saturated rings. The first-order chi connectivity index (χ1) is 9.39. The average molecular weight is 304 g/mol. The predicted molar refractivity (Wildman–Crippen MR) is 76.9 cm³/mol. The quantitative estimate of drug-likeness (QED) is 0.694. The zero-order valence-corrected chi connectivity index (χ0v) is 12.6. The van der Waals surface area contributed by atoms with Crippen molar-refractivity contribution in [2.24, 2.45) is 0 Å². The maximum Gasteiger partial charge on any atom is 0.214 e. The fourth-order valence-electron chi connectivity index (χ4n) is 1.50. The monoisotopic (exact) mass is 304 g/mol. The van der Waals surface area contributed by atoms with Gasteiger partial charge in [-0.3, -0.25) is 0 Å². The molecule has 1 N–H and O–H groups in total. The Kier molecular flexibility index (Phi) is 6.90. The van der Waals surface area contributed by atoms with Crippen molar-refractivity contribution in [1.29, 1.82) is 0 Å². The van der Waals surface area contributed by atoms with Crippen molar-refractivity contribution in [1.82, 2.24) is 9.62 Å². The number of benzene rings is 1. The minimum atomic E-state index is -3.33. The van der Waals surface area contributed by atoms with Gasteiger partial charge in [-0.1, -0.05) is 0 Å². The Balaban J connectivity index is 2.24. The Bertz CT molecular complexity index is 489. The molecule has 0 aliphatic heterocycles. The molecule has 0 aliphatic rings. The standard InChI is InChI=1S/C13H21FN2O3S/c1-16(2)9-3-8-15-20(17,18)11-10-19-13-6-4-12(14)5-7-13/h4-7,15H,3,8-11H2,1-2H3. The summed E-state index contributed by atoms with van der Waals surface area (Å²) in [5.74, 6) is -0.0199. The molecule has 0 amide bonds. The summed E-state index contributed by atoms with van der Waals surface area (Å²) >= 11 is 0. The second kappa shape index (κ2) is 8.18. The van der Waals surface area contributed by atoms with Crippen LogP contribution in [0.1, 0.15) is 6.42 Å². The third kappa shape index (κ3) is 7.42. The largest absolute Gasteiger partial charge is 0.492 e. The summed E-state index contributed by atoms with van der Waals surface area (Å²) in [5.41, 5.74) is 0. The van der Waals surface area contributed by atoms with Crippen LogP contribution >= 0.6 is 0 Å². The minimum Gasteiger partial charge on any atom is -0.492 e. The maximum atomic E-state index is 12.7. The number of hydrogen-bond acceptors (Lipinski definition) is 4. The normalized spacial score (nSPS) is 11.8. The number of nitrogens with one attached hydrogen (secondary N) is 1. The number of nitrogens with zero attached hydrogens (tertiary/aromatic N) is 1. The first-order valence-electron chi connectivity index (χ1n) is 6.39. The van der Waals surface area contributed by atoms with Crippen LogP contribution in [0.2, 0.25) is 0 Å². The lowest BCUT2D eigenvalue weighted by atomic mass is 10.3. The minimum absolute atomic E-state index is 0.0364. The van der Waals surface area contributed by atoms with Crippen LogP contribution < -0.4 is 9.46 Å². The van der Waals surface area contributed by atoms with E-state index >= 15 is 0 Å². The Hall–Kier alpha value is -1.18. The second-order valence-corrected chi connectivity index (χ2v) is 6.60. The smallest absolute Gasteiger partial charge is 0.214 e. The fourth-order valence-corrected chi connectivity index (χ4v) is 2.40. The van der Waals surface area contributed by atoms with Crippen molar-refractivity contribution in [2.75, 3.05) is 39.5 Å². The lowest BCUT2D eigenvalue weighted by Crippen LogP contribution is -2.31. The maximum absolute atomic E-state index is 12.7. The van der Waals surface area contributed by atoms with Crippen LogP contribution in [0, 0.1) is 5.82 Å². The zero-order chi connectivity index (χ0) is 15.0. The van der Waals surface area contributed by atoms with Gasteiger partial charge in [0.05, 0.1) is 5.75 Å². The van der Waals surface area contributed by atoms with Gasteiger partial charge in [0.15, 0.2) is 0 Å². The molecule has 0 saturated carbocycles. The predicted octanol–water partition coefficient (Wildman–Crippen LogP) is 1.08. The molecular weight excluding hydrogens is 283 g/mol. The molecule has 0 aliphatic carbocycles. The summed E-state index contributed by atoms with van der Waals surface area (Å²) in [5, 5.41) is 0. The first-order valence-corrected chi connectivity index (χ1v) is 8.05. The summed E-state index contributed by atoms with van der Waals surface area (Å²) in [6, 6.07) is 5.46. The summed E-state index contributed by atoms with van der Waals surface area (Å²) < 4.78 is 43.7. The van der Waals surface area contributed by atoms with E-state index in [-0.39, 0.29) is 18.2 Å². The highest BCUT2D eigenvalue weighted by Gasteiger charge is 2.09. The SMILES string of the molecule is CN(C)CCCNS(=O)(=O)CCOc1ccc(F)cc1. The van der Waals surface area contributed by atoms with Gasteiger partial charge < -0.3 is 9.64 Å². The summed E-state index contributed by atoms with van der Waals surface area (Å²) in [7, 11) is 0.546. The Labute approximate surface area is 119 Å². The van der Waals surface area contributed by atoms with Crippen LogP contribution in [0.5, 0.6) is 5.75 Å². The van der Waals surface area contributed by atoms with Crippen LogP contribution in [0.15, 0.2) is 24.3 Å². The van der Waals surface area contributed by atoms with Crippen LogP contribution in [-0.2, 0) is 10.0 Å². The molecule has 7 heteroatoms. The Morgan fingerprint density at radius 1 is 1.25 bits per heavy atom. The fraction of sp³-hybridized carbons (Fsp3) is 0.538. The molecule has 1 aromatic rings. The van der Waals surface area contributed by atoms with E-state index in [1.165, 1.54) is 24.3 Å². The second-order valence-electron chi connectivity index (χ2n) is 4.67. The molecule has 1 aromatic carbocycles. The van der Waals surface area contributed by atoms with E-state index in [4.69, 9.17) is 4.74 Å². The van der Waals surface area contributed by atoms with Gasteiger partial charge in [0.1, 0.15) is 18.2 Å². The van der Waals surface area contributed by atoms with E-state index in [1.807, 2.05) is 19.0 Å². The third-order valence-corrected chi connectivity index (χ3v) is 3.89. The van der Waals surface area contributed by atoms with Gasteiger partial charge in [-0.25, -0.2) is 17.5 Å². The molecule has 114 valence electrons. The molecule has 0 heterocycles. The molecule has 0 aromatic heterocycles. The number of halogens is 1. The van der Waals surface area contributed by atoms with Gasteiger partial charge in [0, 0.05) is 6.54 Å².